The van der Waals surface area contributed by atoms with Crippen LogP contribution in [0.3, 0.4) is 0 Å². The van der Waals surface area contributed by atoms with Gasteiger partial charge in [-0.15, -0.1) is 0 Å². The van der Waals surface area contributed by atoms with E-state index < -0.39 is 17.3 Å². The van der Waals surface area contributed by atoms with Gasteiger partial charge in [-0.05, 0) is 60.2 Å². The third-order valence-electron chi connectivity index (χ3n) is 4.45. The summed E-state index contributed by atoms with van der Waals surface area (Å²) in [6, 6.07) is 15.9. The maximum absolute atomic E-state index is 13.2. The average Bonchev–Trinajstić information content (AvgIpc) is 2.73. The summed E-state index contributed by atoms with van der Waals surface area (Å²) in [5, 5.41) is 3.21. The Kier molecular flexibility index (Phi) is 4.87. The summed E-state index contributed by atoms with van der Waals surface area (Å²) >= 11 is 0. The maximum atomic E-state index is 13.2. The Hall–Kier alpha value is -3.87. The highest BCUT2D eigenvalue weighted by atomic mass is 19.1. The van der Waals surface area contributed by atoms with Crippen LogP contribution in [-0.4, -0.2) is 15.5 Å². The second-order valence-electron chi connectivity index (χ2n) is 6.45. The van der Waals surface area contributed by atoms with E-state index in [1.165, 1.54) is 47.0 Å². The number of nitrogens with one attached hydrogen (secondary N) is 1. The van der Waals surface area contributed by atoms with Crippen LogP contribution in [0.15, 0.2) is 77.7 Å². The molecule has 4 rings (SSSR count). The van der Waals surface area contributed by atoms with Crippen molar-refractivity contribution in [2.24, 2.45) is 0 Å². The molecule has 1 N–H and O–H groups in total. The third kappa shape index (κ3) is 3.89. The molecule has 1 amide bonds. The van der Waals surface area contributed by atoms with E-state index in [4.69, 9.17) is 0 Å². The molecule has 7 heteroatoms. The first kappa shape index (κ1) is 18.5. The number of amides is 1. The molecule has 0 saturated heterocycles. The zero-order valence-corrected chi connectivity index (χ0v) is 15.1. The Morgan fingerprint density at radius 1 is 0.966 bits per heavy atom. The largest absolute Gasteiger partial charge is 0.322 e. The molecule has 0 radical (unpaired) electrons. The Bertz CT molecular complexity index is 1250. The first-order valence-electron chi connectivity index (χ1n) is 8.81. The minimum absolute atomic E-state index is 0.0723. The van der Waals surface area contributed by atoms with Crippen molar-refractivity contribution in [1.82, 2.24) is 9.55 Å². The first-order valence-corrected chi connectivity index (χ1v) is 8.81. The van der Waals surface area contributed by atoms with Gasteiger partial charge in [0, 0.05) is 17.3 Å². The molecule has 2 aromatic carbocycles. The van der Waals surface area contributed by atoms with Gasteiger partial charge in [0.1, 0.15) is 22.8 Å². The normalized spacial score (nSPS) is 10.8. The molecule has 144 valence electrons. The highest BCUT2D eigenvalue weighted by molar-refractivity contribution is 6.05. The smallest absolute Gasteiger partial charge is 0.265 e. The maximum Gasteiger partial charge on any atom is 0.265 e. The molecule has 5 nitrogen and oxygen atoms in total. The fourth-order valence-corrected chi connectivity index (χ4v) is 3.02. The third-order valence-corrected chi connectivity index (χ3v) is 4.45. The van der Waals surface area contributed by atoms with Gasteiger partial charge in [-0.1, -0.05) is 12.1 Å². The monoisotopic (exact) mass is 391 g/mol. The van der Waals surface area contributed by atoms with Crippen LogP contribution in [0.25, 0.3) is 11.0 Å². The molecule has 0 spiro atoms. The van der Waals surface area contributed by atoms with E-state index in [1.807, 2.05) is 0 Å². The van der Waals surface area contributed by atoms with Gasteiger partial charge in [0.15, 0.2) is 0 Å². The highest BCUT2D eigenvalue weighted by Gasteiger charge is 2.17. The van der Waals surface area contributed by atoms with Gasteiger partial charge in [0.25, 0.3) is 11.5 Å². The van der Waals surface area contributed by atoms with Gasteiger partial charge >= 0.3 is 0 Å². The van der Waals surface area contributed by atoms with Crippen molar-refractivity contribution in [3.05, 3.63) is 106 Å². The molecule has 0 aliphatic heterocycles. The summed E-state index contributed by atoms with van der Waals surface area (Å²) < 4.78 is 27.7. The SMILES string of the molecule is O=C(Nc1ccc(F)cc1)c1cc2cccnc2n(Cc2ccc(F)cc2)c1=O. The molecule has 0 aliphatic carbocycles. The number of halogens is 2. The molecule has 4 aromatic rings. The van der Waals surface area contributed by atoms with E-state index in [-0.39, 0.29) is 17.9 Å². The summed E-state index contributed by atoms with van der Waals surface area (Å²) in [5.74, 6) is -1.42. The number of nitrogens with zero attached hydrogens (tertiary/aromatic N) is 2. The number of pyridine rings is 2. The molecular formula is C22H15F2N3O2. The van der Waals surface area contributed by atoms with E-state index in [9.17, 15) is 18.4 Å². The predicted octanol–water partition coefficient (Wildman–Crippen LogP) is 3.98. The number of anilines is 1. The number of hydrogen-bond donors (Lipinski definition) is 1. The number of fused-ring (bicyclic) bond motifs is 1. The highest BCUT2D eigenvalue weighted by Crippen LogP contribution is 2.15. The summed E-state index contributed by atoms with van der Waals surface area (Å²) in [5.41, 5.74) is 0.876. The lowest BCUT2D eigenvalue weighted by Crippen LogP contribution is -2.30. The molecule has 0 fully saturated rings. The van der Waals surface area contributed by atoms with Crippen molar-refractivity contribution in [3.8, 4) is 0 Å². The summed E-state index contributed by atoms with van der Waals surface area (Å²) in [7, 11) is 0. The Morgan fingerprint density at radius 3 is 2.31 bits per heavy atom. The van der Waals surface area contributed by atoms with Crippen molar-refractivity contribution in [3.63, 3.8) is 0 Å². The van der Waals surface area contributed by atoms with Crippen molar-refractivity contribution in [2.75, 3.05) is 5.32 Å². The van der Waals surface area contributed by atoms with Crippen molar-refractivity contribution in [2.45, 2.75) is 6.54 Å². The van der Waals surface area contributed by atoms with Gasteiger partial charge < -0.3 is 5.32 Å². The lowest BCUT2D eigenvalue weighted by atomic mass is 10.1. The van der Waals surface area contributed by atoms with Gasteiger partial charge in [-0.25, -0.2) is 13.8 Å². The standard InChI is InChI=1S/C22H15F2N3O2/c23-16-5-3-14(4-6-16)13-27-20-15(2-1-11-25-20)12-19(22(27)29)21(28)26-18-9-7-17(24)8-10-18/h1-12H,13H2,(H,26,28). The topological polar surface area (TPSA) is 64.0 Å². The molecule has 29 heavy (non-hydrogen) atoms. The number of benzene rings is 2. The van der Waals surface area contributed by atoms with Gasteiger partial charge in [0.05, 0.1) is 6.54 Å². The predicted molar refractivity (Wildman–Crippen MR) is 106 cm³/mol. The Labute approximate surface area is 164 Å². The number of carbonyl (C=O) groups excluding carboxylic acids is 1. The second kappa shape index (κ2) is 7.63. The van der Waals surface area contributed by atoms with Crippen molar-refractivity contribution >= 4 is 22.6 Å². The average molecular weight is 391 g/mol. The molecular weight excluding hydrogens is 376 g/mol. The van der Waals surface area contributed by atoms with Gasteiger partial charge in [0.2, 0.25) is 0 Å². The van der Waals surface area contributed by atoms with Crippen LogP contribution in [0.2, 0.25) is 0 Å². The number of hydrogen-bond acceptors (Lipinski definition) is 3. The molecule has 0 saturated carbocycles. The second-order valence-corrected chi connectivity index (χ2v) is 6.45. The van der Waals surface area contributed by atoms with E-state index in [2.05, 4.69) is 10.3 Å². The van der Waals surface area contributed by atoms with Crippen LogP contribution in [0, 0.1) is 11.6 Å². The van der Waals surface area contributed by atoms with E-state index >= 15 is 0 Å². The Balaban J connectivity index is 1.77. The molecule has 0 bridgehead atoms. The summed E-state index contributed by atoms with van der Waals surface area (Å²) in [6.45, 7) is 0.129. The first-order chi connectivity index (χ1) is 14.0. The quantitative estimate of drug-likeness (QED) is 0.572. The van der Waals surface area contributed by atoms with Crippen molar-refractivity contribution < 1.29 is 13.6 Å². The minimum atomic E-state index is -0.611. The lowest BCUT2D eigenvalue weighted by molar-refractivity contribution is 0.102. The van der Waals surface area contributed by atoms with Crippen LogP contribution in [0.1, 0.15) is 15.9 Å². The summed E-state index contributed by atoms with van der Waals surface area (Å²) in [6.07, 6.45) is 1.56. The minimum Gasteiger partial charge on any atom is -0.322 e. The van der Waals surface area contributed by atoms with Crippen LogP contribution >= 0.6 is 0 Å². The van der Waals surface area contributed by atoms with Crippen LogP contribution < -0.4 is 10.9 Å². The van der Waals surface area contributed by atoms with Crippen LogP contribution in [0.4, 0.5) is 14.5 Å². The Morgan fingerprint density at radius 2 is 1.62 bits per heavy atom. The fourth-order valence-electron chi connectivity index (χ4n) is 3.02. The number of aromatic nitrogens is 2. The lowest BCUT2D eigenvalue weighted by Gasteiger charge is -2.12. The van der Waals surface area contributed by atoms with Gasteiger partial charge in [-0.3, -0.25) is 14.2 Å². The van der Waals surface area contributed by atoms with Gasteiger partial charge in [-0.2, -0.15) is 0 Å². The van der Waals surface area contributed by atoms with Crippen molar-refractivity contribution in [1.29, 1.82) is 0 Å². The van der Waals surface area contributed by atoms with Crippen LogP contribution in [0.5, 0.6) is 0 Å². The zero-order valence-electron chi connectivity index (χ0n) is 15.1. The van der Waals surface area contributed by atoms with E-state index in [0.717, 1.165) is 0 Å². The fraction of sp³-hybridized carbons (Fsp3) is 0.0455. The molecule has 0 aliphatic rings. The summed E-state index contributed by atoms with van der Waals surface area (Å²) in [4.78, 5) is 30.1. The molecule has 2 heterocycles. The molecule has 0 unspecified atom stereocenters. The molecule has 0 atom stereocenters. The number of rotatable bonds is 4. The number of carbonyl (C=O) groups is 1. The molecule has 2 aromatic heterocycles. The van der Waals surface area contributed by atoms with Crippen LogP contribution in [-0.2, 0) is 6.54 Å². The van der Waals surface area contributed by atoms with E-state index in [1.54, 1.807) is 30.5 Å². The zero-order chi connectivity index (χ0) is 20.4. The van der Waals surface area contributed by atoms with E-state index in [0.29, 0.717) is 22.3 Å².